The van der Waals surface area contributed by atoms with Gasteiger partial charge in [0.2, 0.25) is 0 Å². The van der Waals surface area contributed by atoms with Gasteiger partial charge in [-0.05, 0) is 29.8 Å². The highest BCUT2D eigenvalue weighted by Gasteiger charge is 2.33. The lowest BCUT2D eigenvalue weighted by Crippen LogP contribution is -2.49. The van der Waals surface area contributed by atoms with Gasteiger partial charge in [0.25, 0.3) is 0 Å². The third-order valence-electron chi connectivity index (χ3n) is 5.34. The Bertz CT molecular complexity index is 837. The Balaban J connectivity index is 1.66. The number of fused-ring (bicyclic) bond motifs is 1. The van der Waals surface area contributed by atoms with Gasteiger partial charge < -0.3 is 4.48 Å². The van der Waals surface area contributed by atoms with Crippen molar-refractivity contribution in [2.45, 2.75) is 26.1 Å². The quantitative estimate of drug-likeness (QED) is 0.381. The summed E-state index contributed by atoms with van der Waals surface area (Å²) in [5.41, 5.74) is 5.84. The van der Waals surface area contributed by atoms with Gasteiger partial charge in [0, 0.05) is 32.1 Å². The summed E-state index contributed by atoms with van der Waals surface area (Å²) in [4.78, 5) is 0. The molecule has 3 aromatic carbocycles. The normalized spacial score (nSPS) is 15.5. The molecule has 0 fully saturated rings. The van der Waals surface area contributed by atoms with Gasteiger partial charge in [0.15, 0.2) is 0 Å². The second-order valence-electron chi connectivity index (χ2n) is 7.31. The zero-order valence-electron chi connectivity index (χ0n) is 14.7. The predicted octanol–water partition coefficient (Wildman–Crippen LogP) is 6.48. The first-order valence-electron chi connectivity index (χ1n) is 9.03. The lowest BCUT2D eigenvalue weighted by Gasteiger charge is -2.42. The van der Waals surface area contributed by atoms with Crippen molar-refractivity contribution in [1.82, 2.24) is 0 Å². The van der Waals surface area contributed by atoms with E-state index >= 15 is 0 Å². The standard InChI is InChI=1S/C23H22Br2N/c24-22-9-5-18(6-10-22)15-26(16-19-7-11-23(25)12-8-19)14-13-20-3-1-2-4-21(20)17-26/h1-12H,13-17H2/q+1. The number of halogens is 2. The molecule has 0 N–H and O–H groups in total. The molecule has 0 bridgehead atoms. The molecule has 0 spiro atoms. The van der Waals surface area contributed by atoms with Crippen molar-refractivity contribution in [2.24, 2.45) is 0 Å². The summed E-state index contributed by atoms with van der Waals surface area (Å²) in [6.45, 7) is 4.42. The van der Waals surface area contributed by atoms with E-state index < -0.39 is 0 Å². The highest BCUT2D eigenvalue weighted by Crippen LogP contribution is 2.31. The van der Waals surface area contributed by atoms with E-state index in [9.17, 15) is 0 Å². The van der Waals surface area contributed by atoms with Crippen LogP contribution in [-0.4, -0.2) is 11.0 Å². The molecule has 0 radical (unpaired) electrons. The first-order chi connectivity index (χ1) is 12.6. The van der Waals surface area contributed by atoms with Crippen LogP contribution in [0.25, 0.3) is 0 Å². The molecular weight excluding hydrogens is 450 g/mol. The molecule has 132 valence electrons. The molecule has 1 heterocycles. The highest BCUT2D eigenvalue weighted by molar-refractivity contribution is 9.10. The van der Waals surface area contributed by atoms with Crippen molar-refractivity contribution in [3.63, 3.8) is 0 Å². The maximum absolute atomic E-state index is 3.56. The molecule has 0 amide bonds. The van der Waals surface area contributed by atoms with E-state index in [4.69, 9.17) is 0 Å². The Morgan fingerprint density at radius 2 is 1.15 bits per heavy atom. The van der Waals surface area contributed by atoms with Gasteiger partial charge in [-0.1, -0.05) is 80.4 Å². The smallest absolute Gasteiger partial charge is 0.105 e. The first kappa shape index (κ1) is 18.0. The van der Waals surface area contributed by atoms with Gasteiger partial charge in [-0.15, -0.1) is 0 Å². The molecule has 0 aliphatic carbocycles. The number of rotatable bonds is 4. The van der Waals surface area contributed by atoms with Crippen LogP contribution >= 0.6 is 31.9 Å². The zero-order chi connectivity index (χ0) is 18.0. The van der Waals surface area contributed by atoms with E-state index in [0.29, 0.717) is 0 Å². The van der Waals surface area contributed by atoms with E-state index in [0.717, 1.165) is 39.5 Å². The Morgan fingerprint density at radius 3 is 1.69 bits per heavy atom. The molecule has 1 nitrogen and oxygen atoms in total. The largest absolute Gasteiger partial charge is 0.312 e. The summed E-state index contributed by atoms with van der Waals surface area (Å²) >= 11 is 7.11. The van der Waals surface area contributed by atoms with Crippen molar-refractivity contribution in [2.75, 3.05) is 6.54 Å². The van der Waals surface area contributed by atoms with Gasteiger partial charge in [-0.25, -0.2) is 0 Å². The Hall–Kier alpha value is -1.42. The molecule has 0 atom stereocenters. The molecule has 0 unspecified atom stereocenters. The molecular formula is C23H22Br2N+. The van der Waals surface area contributed by atoms with Crippen LogP contribution in [0.5, 0.6) is 0 Å². The minimum Gasteiger partial charge on any atom is -0.312 e. The number of quaternary nitrogens is 1. The summed E-state index contributed by atoms with van der Waals surface area (Å²) in [6.07, 6.45) is 1.16. The van der Waals surface area contributed by atoms with Gasteiger partial charge in [0.1, 0.15) is 19.6 Å². The molecule has 3 heteroatoms. The average molecular weight is 472 g/mol. The molecule has 0 aromatic heterocycles. The SMILES string of the molecule is Brc1ccc(C[N+]2(Cc3ccc(Br)cc3)CCc3ccccc3C2)cc1. The molecule has 0 saturated carbocycles. The maximum Gasteiger partial charge on any atom is 0.105 e. The van der Waals surface area contributed by atoms with Crippen LogP contribution in [0.3, 0.4) is 0 Å². The van der Waals surface area contributed by atoms with Crippen molar-refractivity contribution < 1.29 is 4.48 Å². The van der Waals surface area contributed by atoms with Crippen LogP contribution in [0.4, 0.5) is 0 Å². The van der Waals surface area contributed by atoms with Crippen LogP contribution in [0, 0.1) is 0 Å². The minimum absolute atomic E-state index is 1.07. The Kier molecular flexibility index (Phi) is 5.30. The van der Waals surface area contributed by atoms with E-state index in [2.05, 4.69) is 105 Å². The second-order valence-corrected chi connectivity index (χ2v) is 9.14. The third-order valence-corrected chi connectivity index (χ3v) is 6.40. The van der Waals surface area contributed by atoms with Crippen molar-refractivity contribution >= 4 is 31.9 Å². The molecule has 1 aliphatic heterocycles. The van der Waals surface area contributed by atoms with E-state index in [-0.39, 0.29) is 0 Å². The number of benzene rings is 3. The Labute approximate surface area is 172 Å². The van der Waals surface area contributed by atoms with Crippen LogP contribution < -0.4 is 0 Å². The Morgan fingerprint density at radius 1 is 0.654 bits per heavy atom. The molecule has 3 aromatic rings. The maximum atomic E-state index is 3.56. The fourth-order valence-corrected chi connectivity index (χ4v) is 4.56. The first-order valence-corrected chi connectivity index (χ1v) is 10.6. The van der Waals surface area contributed by atoms with Crippen LogP contribution in [0.15, 0.2) is 81.7 Å². The summed E-state index contributed by atoms with van der Waals surface area (Å²) in [5.74, 6) is 0. The monoisotopic (exact) mass is 470 g/mol. The lowest BCUT2D eigenvalue weighted by molar-refractivity contribution is -0.967. The zero-order valence-corrected chi connectivity index (χ0v) is 17.8. The van der Waals surface area contributed by atoms with Gasteiger partial charge in [0.05, 0.1) is 6.54 Å². The van der Waals surface area contributed by atoms with Crippen LogP contribution in [-0.2, 0) is 26.1 Å². The van der Waals surface area contributed by atoms with Crippen molar-refractivity contribution in [3.05, 3.63) is 104 Å². The minimum atomic E-state index is 1.07. The van der Waals surface area contributed by atoms with E-state index in [1.165, 1.54) is 28.8 Å². The van der Waals surface area contributed by atoms with Crippen LogP contribution in [0.2, 0.25) is 0 Å². The summed E-state index contributed by atoms with van der Waals surface area (Å²) < 4.78 is 3.37. The average Bonchev–Trinajstić information content (AvgIpc) is 2.66. The van der Waals surface area contributed by atoms with E-state index in [1.807, 2.05) is 0 Å². The highest BCUT2D eigenvalue weighted by atomic mass is 79.9. The topological polar surface area (TPSA) is 0 Å². The predicted molar refractivity (Wildman–Crippen MR) is 115 cm³/mol. The van der Waals surface area contributed by atoms with Crippen molar-refractivity contribution in [1.29, 1.82) is 0 Å². The molecule has 4 rings (SSSR count). The van der Waals surface area contributed by atoms with Gasteiger partial charge >= 0.3 is 0 Å². The second kappa shape index (κ2) is 7.67. The summed E-state index contributed by atoms with van der Waals surface area (Å²) in [5, 5.41) is 0. The van der Waals surface area contributed by atoms with Gasteiger partial charge in [-0.3, -0.25) is 0 Å². The van der Waals surface area contributed by atoms with Gasteiger partial charge in [-0.2, -0.15) is 0 Å². The number of hydrogen-bond donors (Lipinski definition) is 0. The fourth-order valence-electron chi connectivity index (χ4n) is 4.03. The lowest BCUT2D eigenvalue weighted by atomic mass is 9.95. The molecule has 0 saturated heterocycles. The molecule has 26 heavy (non-hydrogen) atoms. The van der Waals surface area contributed by atoms with Crippen LogP contribution in [0.1, 0.15) is 22.3 Å². The fraction of sp³-hybridized carbons (Fsp3) is 0.217. The summed E-state index contributed by atoms with van der Waals surface area (Å²) in [7, 11) is 0. The molecule has 1 aliphatic rings. The summed E-state index contributed by atoms with van der Waals surface area (Å²) in [6, 6.07) is 26.6. The number of hydrogen-bond acceptors (Lipinski definition) is 0. The number of nitrogens with zero attached hydrogens (tertiary/aromatic N) is 1. The van der Waals surface area contributed by atoms with E-state index in [1.54, 1.807) is 0 Å². The third kappa shape index (κ3) is 4.11. The van der Waals surface area contributed by atoms with Crippen molar-refractivity contribution in [3.8, 4) is 0 Å².